The first kappa shape index (κ1) is 17.2. The average molecular weight is 345 g/mol. The summed E-state index contributed by atoms with van der Waals surface area (Å²) < 4.78 is 0. The average Bonchev–Trinajstić information content (AvgIpc) is 3.27. The second-order valence-corrected chi connectivity index (χ2v) is 6.74. The van der Waals surface area contributed by atoms with Crippen LogP contribution in [0.1, 0.15) is 16.9 Å². The minimum absolute atomic E-state index is 0.0597. The van der Waals surface area contributed by atoms with Crippen molar-refractivity contribution in [3.05, 3.63) is 23.9 Å². The molecule has 2 aromatic rings. The molecule has 0 aliphatic carbocycles. The maximum absolute atomic E-state index is 12.9. The molecule has 8 nitrogen and oxygen atoms in total. The van der Waals surface area contributed by atoms with Crippen molar-refractivity contribution in [3.8, 4) is 0 Å². The summed E-state index contributed by atoms with van der Waals surface area (Å²) in [6.45, 7) is 1.55. The van der Waals surface area contributed by atoms with E-state index in [1.54, 1.807) is 0 Å². The third kappa shape index (κ3) is 3.05. The first-order chi connectivity index (χ1) is 12.0. The number of anilines is 1. The van der Waals surface area contributed by atoms with Crippen LogP contribution in [-0.4, -0.2) is 83.8 Å². The maximum atomic E-state index is 12.9. The highest BCUT2D eigenvalue weighted by molar-refractivity contribution is 6.05. The number of carbonyl (C=O) groups excluding carboxylic acids is 1. The van der Waals surface area contributed by atoms with Crippen molar-refractivity contribution >= 4 is 29.0 Å². The number of H-pyrrole nitrogens is 1. The molecule has 0 spiro atoms. The number of hydrogen-bond donors (Lipinski definition) is 2. The largest absolute Gasteiger partial charge is 0.483 e. The van der Waals surface area contributed by atoms with Crippen molar-refractivity contribution in [3.63, 3.8) is 0 Å². The van der Waals surface area contributed by atoms with Gasteiger partial charge in [0.15, 0.2) is 5.69 Å². The maximum Gasteiger partial charge on any atom is 0.290 e. The van der Waals surface area contributed by atoms with E-state index in [-0.39, 0.29) is 12.4 Å². The lowest BCUT2D eigenvalue weighted by Gasteiger charge is -2.31. The molecule has 134 valence electrons. The van der Waals surface area contributed by atoms with E-state index in [1.165, 1.54) is 0 Å². The fraction of sp³-hybridized carbons (Fsp3) is 0.471. The summed E-state index contributed by atoms with van der Waals surface area (Å²) in [5.74, 6) is 0.0597. The molecule has 1 aromatic heterocycles. The first-order valence-electron chi connectivity index (χ1n) is 8.20. The summed E-state index contributed by atoms with van der Waals surface area (Å²) in [6, 6.07) is 6.90. The predicted octanol–water partition coefficient (Wildman–Crippen LogP) is 0.858. The number of benzene rings is 1. The van der Waals surface area contributed by atoms with Gasteiger partial charge in [0.2, 0.25) is 0 Å². The molecule has 2 aliphatic rings. The van der Waals surface area contributed by atoms with Gasteiger partial charge in [0.25, 0.3) is 12.4 Å². The third-order valence-electron chi connectivity index (χ3n) is 5.04. The van der Waals surface area contributed by atoms with Crippen LogP contribution >= 0.6 is 0 Å². The summed E-state index contributed by atoms with van der Waals surface area (Å²) in [5, 5.41) is 15.1. The van der Waals surface area contributed by atoms with Gasteiger partial charge in [-0.05, 0) is 31.7 Å². The van der Waals surface area contributed by atoms with Gasteiger partial charge in [0.1, 0.15) is 0 Å². The molecule has 2 saturated heterocycles. The molecule has 2 fully saturated rings. The van der Waals surface area contributed by atoms with Crippen LogP contribution in [0.15, 0.2) is 18.2 Å². The van der Waals surface area contributed by atoms with Gasteiger partial charge in [-0.1, -0.05) is 0 Å². The van der Waals surface area contributed by atoms with Crippen LogP contribution in [-0.2, 0) is 4.79 Å². The molecule has 0 unspecified atom stereocenters. The van der Waals surface area contributed by atoms with Crippen LogP contribution in [0.25, 0.3) is 10.9 Å². The van der Waals surface area contributed by atoms with Crippen molar-refractivity contribution in [1.82, 2.24) is 20.0 Å². The zero-order chi connectivity index (χ0) is 18.1. The highest BCUT2D eigenvalue weighted by Gasteiger charge is 2.44. The van der Waals surface area contributed by atoms with E-state index in [9.17, 15) is 4.79 Å². The van der Waals surface area contributed by atoms with E-state index in [4.69, 9.17) is 9.90 Å². The Balaban J connectivity index is 0.000000569. The van der Waals surface area contributed by atoms with Gasteiger partial charge < -0.3 is 14.9 Å². The summed E-state index contributed by atoms with van der Waals surface area (Å²) in [7, 11) is 6.14. The lowest BCUT2D eigenvalue weighted by Crippen LogP contribution is -2.47. The molecular formula is C17H23N5O3. The van der Waals surface area contributed by atoms with E-state index < -0.39 is 0 Å². The molecule has 0 saturated carbocycles. The standard InChI is InChI=1S/C16H21N5O.CH2O2/c1-19(2)10-4-5-13-14(7-10)17-18-15(13)16(22)21-9-11-6-12(21)8-20(11)3;2-1-3/h4-5,7,11-12H,6,8-9H2,1-3H3,(H,17,18);1H,(H,2,3)/t11-,12-;/m0./s1. The van der Waals surface area contributed by atoms with E-state index in [0.29, 0.717) is 17.8 Å². The quantitative estimate of drug-likeness (QED) is 0.784. The Kier molecular flexibility index (Phi) is 4.63. The molecule has 1 amide bonds. The number of fused-ring (bicyclic) bond motifs is 3. The van der Waals surface area contributed by atoms with E-state index in [1.807, 2.05) is 42.1 Å². The van der Waals surface area contributed by atoms with Gasteiger partial charge in [-0.15, -0.1) is 0 Å². The molecule has 8 heteroatoms. The lowest BCUT2D eigenvalue weighted by molar-refractivity contribution is -0.122. The molecule has 25 heavy (non-hydrogen) atoms. The number of nitrogens with zero attached hydrogens (tertiary/aromatic N) is 4. The van der Waals surface area contributed by atoms with Crippen LogP contribution in [0.2, 0.25) is 0 Å². The van der Waals surface area contributed by atoms with Crippen LogP contribution in [0, 0.1) is 0 Å². The molecule has 3 heterocycles. The number of rotatable bonds is 2. The number of likely N-dealkylation sites (N-methyl/N-ethyl adjacent to an activating group) is 1. The Morgan fingerprint density at radius 3 is 2.64 bits per heavy atom. The molecule has 1 aromatic carbocycles. The number of aromatic nitrogens is 2. The fourth-order valence-corrected chi connectivity index (χ4v) is 3.70. The highest BCUT2D eigenvalue weighted by Crippen LogP contribution is 2.31. The number of piperazine rings is 1. The van der Waals surface area contributed by atoms with Gasteiger partial charge in [-0.3, -0.25) is 19.6 Å². The Morgan fingerprint density at radius 2 is 2.08 bits per heavy atom. The van der Waals surface area contributed by atoms with Gasteiger partial charge in [-0.2, -0.15) is 5.10 Å². The molecule has 0 radical (unpaired) electrons. The number of carbonyl (C=O) groups is 2. The van der Waals surface area contributed by atoms with Crippen molar-refractivity contribution in [1.29, 1.82) is 0 Å². The summed E-state index contributed by atoms with van der Waals surface area (Å²) in [5.41, 5.74) is 2.56. The molecule has 2 N–H and O–H groups in total. The Labute approximate surface area is 146 Å². The van der Waals surface area contributed by atoms with Crippen LogP contribution in [0.4, 0.5) is 5.69 Å². The highest BCUT2D eigenvalue weighted by atomic mass is 16.3. The molecule has 2 aliphatic heterocycles. The Bertz CT molecular complexity index is 786. The van der Waals surface area contributed by atoms with E-state index >= 15 is 0 Å². The predicted molar refractivity (Wildman–Crippen MR) is 95.0 cm³/mol. The Hall–Kier alpha value is -2.61. The third-order valence-corrected chi connectivity index (χ3v) is 5.04. The zero-order valence-electron chi connectivity index (χ0n) is 14.6. The molecular weight excluding hydrogens is 322 g/mol. The number of nitrogens with one attached hydrogen (secondary N) is 1. The zero-order valence-corrected chi connectivity index (χ0v) is 14.6. The second kappa shape index (κ2) is 6.72. The number of aromatic amines is 1. The SMILES string of the molecule is CN(C)c1ccc2c(C(=O)N3C[C@@H]4C[C@H]3CN4C)n[nH]c2c1.O=CO. The summed E-state index contributed by atoms with van der Waals surface area (Å²) >= 11 is 0. The van der Waals surface area contributed by atoms with Gasteiger partial charge in [-0.25, -0.2) is 0 Å². The fourth-order valence-electron chi connectivity index (χ4n) is 3.70. The smallest absolute Gasteiger partial charge is 0.290 e. The monoisotopic (exact) mass is 345 g/mol. The van der Waals surface area contributed by atoms with Crippen molar-refractivity contribution in [2.45, 2.75) is 18.5 Å². The normalized spacial score (nSPS) is 22.0. The molecule has 2 bridgehead atoms. The number of hydrogen-bond acceptors (Lipinski definition) is 5. The van der Waals surface area contributed by atoms with Crippen LogP contribution in [0.3, 0.4) is 0 Å². The molecule has 4 rings (SSSR count). The van der Waals surface area contributed by atoms with E-state index in [2.05, 4.69) is 22.1 Å². The van der Waals surface area contributed by atoms with Gasteiger partial charge in [0.05, 0.1) is 5.52 Å². The summed E-state index contributed by atoms with van der Waals surface area (Å²) in [4.78, 5) is 27.6. The number of amides is 1. The number of likely N-dealkylation sites (tertiary alicyclic amines) is 2. The van der Waals surface area contributed by atoms with Crippen LogP contribution < -0.4 is 4.90 Å². The first-order valence-corrected chi connectivity index (χ1v) is 8.20. The lowest BCUT2D eigenvalue weighted by atomic mass is 10.1. The minimum atomic E-state index is -0.250. The van der Waals surface area contributed by atoms with Crippen molar-refractivity contribution in [2.24, 2.45) is 0 Å². The topological polar surface area (TPSA) is 92.8 Å². The van der Waals surface area contributed by atoms with Gasteiger partial charge >= 0.3 is 0 Å². The van der Waals surface area contributed by atoms with Crippen LogP contribution in [0.5, 0.6) is 0 Å². The molecule has 2 atom stereocenters. The van der Waals surface area contributed by atoms with Gasteiger partial charge in [0, 0.05) is 50.3 Å². The number of carboxylic acid groups (broad SMARTS) is 1. The van der Waals surface area contributed by atoms with E-state index in [0.717, 1.165) is 36.1 Å². The summed E-state index contributed by atoms with van der Waals surface area (Å²) in [6.07, 6.45) is 1.09. The van der Waals surface area contributed by atoms with Crippen molar-refractivity contribution < 1.29 is 14.7 Å². The van der Waals surface area contributed by atoms with Crippen molar-refractivity contribution in [2.75, 3.05) is 39.1 Å². The second-order valence-electron chi connectivity index (χ2n) is 6.74. The minimum Gasteiger partial charge on any atom is -0.483 e. The Morgan fingerprint density at radius 1 is 1.36 bits per heavy atom.